The second kappa shape index (κ2) is 18.1. The molecule has 13 heteroatoms. The van der Waals surface area contributed by atoms with Gasteiger partial charge in [0.25, 0.3) is 5.91 Å². The Bertz CT molecular complexity index is 1770. The van der Waals surface area contributed by atoms with Gasteiger partial charge >= 0.3 is 6.03 Å². The Kier molecular flexibility index (Phi) is 13.1. The zero-order valence-electron chi connectivity index (χ0n) is 30.2. The van der Waals surface area contributed by atoms with Gasteiger partial charge in [-0.3, -0.25) is 15.0 Å². The van der Waals surface area contributed by atoms with E-state index >= 15 is 0 Å². The van der Waals surface area contributed by atoms with Crippen LogP contribution >= 0.6 is 0 Å². The van der Waals surface area contributed by atoms with E-state index in [0.717, 1.165) is 17.5 Å². The van der Waals surface area contributed by atoms with E-state index in [1.165, 1.54) is 13.3 Å². The number of hydrogen-bond donors (Lipinski definition) is 2. The molecule has 2 atom stereocenters. The molecule has 1 saturated heterocycles. The monoisotopic (exact) mass is 714 g/mol. The molecule has 0 bridgehead atoms. The lowest BCUT2D eigenvalue weighted by molar-refractivity contribution is -0.0379. The summed E-state index contributed by atoms with van der Waals surface area (Å²) in [5.74, 6) is 1.89. The van der Waals surface area contributed by atoms with Gasteiger partial charge in [-0.25, -0.2) is 9.86 Å². The van der Waals surface area contributed by atoms with Gasteiger partial charge in [0.05, 0.1) is 65.0 Å². The average molecular weight is 715 g/mol. The summed E-state index contributed by atoms with van der Waals surface area (Å²) in [5, 5.41) is 13.9. The highest BCUT2D eigenvalue weighted by molar-refractivity contribution is 6.05. The number of carbonyl (C=O) groups excluding carboxylic acids is 2. The molecule has 2 unspecified atom stereocenters. The summed E-state index contributed by atoms with van der Waals surface area (Å²) in [6.07, 6.45) is 5.28. The van der Waals surface area contributed by atoms with Crippen LogP contribution in [0.1, 0.15) is 66.3 Å². The number of anilines is 2. The van der Waals surface area contributed by atoms with Crippen molar-refractivity contribution in [1.29, 1.82) is 0 Å². The number of nitrogens with zero attached hydrogens (tertiary/aromatic N) is 3. The first-order valence-corrected chi connectivity index (χ1v) is 17.2. The number of pyridine rings is 1. The van der Waals surface area contributed by atoms with Gasteiger partial charge in [-0.2, -0.15) is 0 Å². The van der Waals surface area contributed by atoms with Gasteiger partial charge in [0.15, 0.2) is 23.0 Å². The highest BCUT2D eigenvalue weighted by Crippen LogP contribution is 2.48. The Labute approximate surface area is 303 Å². The second-order valence-electron chi connectivity index (χ2n) is 12.0. The molecule has 13 nitrogen and oxygen atoms in total. The van der Waals surface area contributed by atoms with E-state index in [1.54, 1.807) is 50.6 Å². The van der Waals surface area contributed by atoms with Crippen LogP contribution in [0.15, 0.2) is 79.1 Å². The summed E-state index contributed by atoms with van der Waals surface area (Å²) in [6, 6.07) is 19.3. The predicted molar refractivity (Wildman–Crippen MR) is 195 cm³/mol. The van der Waals surface area contributed by atoms with Crippen LogP contribution in [0.3, 0.4) is 0 Å². The van der Waals surface area contributed by atoms with E-state index in [4.69, 9.17) is 28.4 Å². The largest absolute Gasteiger partial charge is 0.493 e. The van der Waals surface area contributed by atoms with Crippen LogP contribution < -0.4 is 33.9 Å². The lowest BCUT2D eigenvalue weighted by atomic mass is 10.0. The summed E-state index contributed by atoms with van der Waals surface area (Å²) < 4.78 is 35.3. The van der Waals surface area contributed by atoms with Crippen molar-refractivity contribution in [3.8, 4) is 28.7 Å². The van der Waals surface area contributed by atoms with Crippen molar-refractivity contribution in [3.63, 3.8) is 0 Å². The first-order valence-electron chi connectivity index (χ1n) is 17.2. The van der Waals surface area contributed by atoms with E-state index in [9.17, 15) is 14.8 Å². The highest BCUT2D eigenvalue weighted by Gasteiger charge is 2.31. The molecule has 2 N–H and O–H groups in total. The fourth-order valence-corrected chi connectivity index (χ4v) is 6.05. The Morgan fingerprint density at radius 2 is 1.48 bits per heavy atom. The molecular formula is C39H46N4O9. The minimum atomic E-state index is -0.724. The van der Waals surface area contributed by atoms with Gasteiger partial charge in [0.2, 0.25) is 5.75 Å². The normalized spacial score (nSPS) is 15.0. The van der Waals surface area contributed by atoms with Crippen LogP contribution in [0.25, 0.3) is 0 Å². The van der Waals surface area contributed by atoms with Crippen molar-refractivity contribution < 1.29 is 43.2 Å². The number of urea groups is 1. The molecule has 4 aromatic rings. The molecule has 0 radical (unpaired) electrons. The molecule has 1 fully saturated rings. The second-order valence-corrected chi connectivity index (χ2v) is 12.0. The number of para-hydroxylation sites is 1. The van der Waals surface area contributed by atoms with E-state index in [1.807, 2.05) is 55.5 Å². The molecule has 0 aliphatic carbocycles. The third-order valence-corrected chi connectivity index (χ3v) is 8.73. The maximum atomic E-state index is 13.6. The maximum Gasteiger partial charge on any atom is 0.345 e. The third-order valence-electron chi connectivity index (χ3n) is 8.73. The summed E-state index contributed by atoms with van der Waals surface area (Å²) in [7, 11) is 6.20. The summed E-state index contributed by atoms with van der Waals surface area (Å²) in [6.45, 7) is 2.33. The first kappa shape index (κ1) is 37.7. The molecular weight excluding hydrogens is 668 g/mol. The zero-order chi connectivity index (χ0) is 37.0. The highest BCUT2D eigenvalue weighted by atomic mass is 16.5. The molecule has 52 heavy (non-hydrogen) atoms. The standard InChI is InChI=1S/C39H46N4O9/c1-6-7-18-43(46)39(45)41-30-21-27(31-15-16-32(52-31)28-23-34(48-3)37(50-5)35(24-28)49-4)22-33(47-2)36(30)51-20-19-42(29-13-9-8-10-14-29)38(44)26-12-11-17-40-25-26/h8-14,17,21-25,31-32,46H,6-7,15-16,18-20H2,1-5H3,(H,41,45). The zero-order valence-corrected chi connectivity index (χ0v) is 30.2. The lowest BCUT2D eigenvalue weighted by Gasteiger charge is -2.25. The van der Waals surface area contributed by atoms with E-state index in [0.29, 0.717) is 58.6 Å². The van der Waals surface area contributed by atoms with Gasteiger partial charge in [0.1, 0.15) is 6.61 Å². The van der Waals surface area contributed by atoms with E-state index < -0.39 is 6.03 Å². The summed E-state index contributed by atoms with van der Waals surface area (Å²) in [4.78, 5) is 32.5. The number of methoxy groups -OCH3 is 4. The molecule has 0 saturated carbocycles. The Balaban J connectivity index is 1.42. The van der Waals surface area contributed by atoms with Gasteiger partial charge < -0.3 is 38.6 Å². The summed E-state index contributed by atoms with van der Waals surface area (Å²) >= 11 is 0. The van der Waals surface area contributed by atoms with Crippen LogP contribution in [-0.4, -0.2) is 75.3 Å². The smallest absolute Gasteiger partial charge is 0.345 e. The van der Waals surface area contributed by atoms with Crippen molar-refractivity contribution in [3.05, 3.63) is 95.8 Å². The minimum Gasteiger partial charge on any atom is -0.493 e. The fourth-order valence-electron chi connectivity index (χ4n) is 6.05. The SMILES string of the molecule is CCCCN(O)C(=O)Nc1cc(C2CCC(c3cc(OC)c(OC)c(OC)c3)O2)cc(OC)c1OCCN(C(=O)c1cccnc1)c1ccccc1. The molecule has 276 valence electrons. The summed E-state index contributed by atoms with van der Waals surface area (Å²) in [5.41, 5.74) is 3.00. The molecule has 5 rings (SSSR count). The molecule has 0 spiro atoms. The van der Waals surface area contributed by atoms with E-state index in [-0.39, 0.29) is 49.2 Å². The Morgan fingerprint density at radius 3 is 2.06 bits per heavy atom. The van der Waals surface area contributed by atoms with Crippen molar-refractivity contribution in [1.82, 2.24) is 10.0 Å². The number of benzene rings is 3. The van der Waals surface area contributed by atoms with Crippen LogP contribution in [0, 0.1) is 0 Å². The number of ether oxygens (including phenoxy) is 6. The van der Waals surface area contributed by atoms with Gasteiger partial charge in [-0.05, 0) is 78.9 Å². The number of hydrogen-bond acceptors (Lipinski definition) is 10. The lowest BCUT2D eigenvalue weighted by Crippen LogP contribution is -2.35. The number of unbranched alkanes of at least 4 members (excludes halogenated alkanes) is 1. The molecule has 3 aromatic carbocycles. The van der Waals surface area contributed by atoms with Crippen LogP contribution in [0.2, 0.25) is 0 Å². The number of amides is 3. The van der Waals surface area contributed by atoms with Crippen molar-refractivity contribution in [2.24, 2.45) is 0 Å². The molecule has 3 amide bonds. The molecule has 1 aliphatic heterocycles. The molecule has 1 aromatic heterocycles. The minimum absolute atomic E-state index is 0.0429. The maximum absolute atomic E-state index is 13.6. The Morgan fingerprint density at radius 1 is 0.846 bits per heavy atom. The van der Waals surface area contributed by atoms with Crippen molar-refractivity contribution in [2.45, 2.75) is 44.8 Å². The topological polar surface area (TPSA) is 141 Å². The third kappa shape index (κ3) is 8.85. The van der Waals surface area contributed by atoms with E-state index in [2.05, 4.69) is 10.3 Å². The number of nitrogens with one attached hydrogen (secondary N) is 1. The average Bonchev–Trinajstić information content (AvgIpc) is 3.69. The van der Waals surface area contributed by atoms with Crippen LogP contribution in [0.4, 0.5) is 16.2 Å². The number of hydroxylamine groups is 2. The van der Waals surface area contributed by atoms with Gasteiger partial charge in [-0.15, -0.1) is 0 Å². The van der Waals surface area contributed by atoms with Crippen molar-refractivity contribution >= 4 is 23.3 Å². The number of carbonyl (C=O) groups is 2. The van der Waals surface area contributed by atoms with Gasteiger partial charge in [-0.1, -0.05) is 31.5 Å². The predicted octanol–water partition coefficient (Wildman–Crippen LogP) is 7.46. The first-order chi connectivity index (χ1) is 25.3. The number of aromatic nitrogens is 1. The van der Waals surface area contributed by atoms with Crippen LogP contribution in [0.5, 0.6) is 28.7 Å². The Hall–Kier alpha value is -5.53. The molecule has 1 aliphatic rings. The van der Waals surface area contributed by atoms with Crippen molar-refractivity contribution in [2.75, 3.05) is 58.4 Å². The molecule has 2 heterocycles. The quantitative estimate of drug-likeness (QED) is 0.0888. The number of rotatable bonds is 16. The fraction of sp³-hybridized carbons (Fsp3) is 0.359. The van der Waals surface area contributed by atoms with Crippen LogP contribution in [-0.2, 0) is 4.74 Å². The van der Waals surface area contributed by atoms with Gasteiger partial charge in [0, 0.05) is 18.1 Å².